The van der Waals surface area contributed by atoms with Gasteiger partial charge in [-0.3, -0.25) is 9.78 Å². The molecule has 0 spiro atoms. The molecule has 0 aliphatic carbocycles. The summed E-state index contributed by atoms with van der Waals surface area (Å²) in [6.07, 6.45) is 5.06. The van der Waals surface area contributed by atoms with Crippen LogP contribution in [0.1, 0.15) is 22.1 Å². The molecule has 1 N–H and O–H groups in total. The summed E-state index contributed by atoms with van der Waals surface area (Å²) in [6.45, 7) is 2.19. The highest BCUT2D eigenvalue weighted by Crippen LogP contribution is 2.23. The zero-order valence-electron chi connectivity index (χ0n) is 10.6. The summed E-state index contributed by atoms with van der Waals surface area (Å²) >= 11 is 1.05. The van der Waals surface area contributed by atoms with Gasteiger partial charge >= 0.3 is 0 Å². The Labute approximate surface area is 127 Å². The van der Waals surface area contributed by atoms with Gasteiger partial charge in [-0.2, -0.15) is 8.75 Å². The summed E-state index contributed by atoms with van der Waals surface area (Å²) in [5.74, 6) is -0.0656. The molecule has 2 aromatic heterocycles. The van der Waals surface area contributed by atoms with Crippen LogP contribution in [0.4, 0.5) is 0 Å². The number of nitrogens with zero attached hydrogens (tertiary/aromatic N) is 4. The second-order valence-corrected chi connectivity index (χ2v) is 4.85. The van der Waals surface area contributed by atoms with Crippen molar-refractivity contribution in [2.45, 2.75) is 6.04 Å². The topological polar surface area (TPSA) is 71.0 Å². The van der Waals surface area contributed by atoms with Crippen molar-refractivity contribution in [1.29, 1.82) is 0 Å². The highest BCUT2D eigenvalue weighted by molar-refractivity contribution is 6.99. The molecule has 8 heteroatoms. The maximum absolute atomic E-state index is 12.4. The first kappa shape index (κ1) is 14.8. The lowest BCUT2D eigenvalue weighted by molar-refractivity contribution is 0.0629. The highest BCUT2D eigenvalue weighted by Gasteiger charge is 2.29. The van der Waals surface area contributed by atoms with Crippen molar-refractivity contribution in [3.8, 4) is 0 Å². The van der Waals surface area contributed by atoms with E-state index >= 15 is 0 Å². The molecule has 20 heavy (non-hydrogen) atoms. The van der Waals surface area contributed by atoms with Crippen LogP contribution in [0.15, 0.2) is 30.7 Å². The van der Waals surface area contributed by atoms with Crippen molar-refractivity contribution in [1.82, 2.24) is 23.9 Å². The number of rotatable bonds is 2. The van der Waals surface area contributed by atoms with Gasteiger partial charge in [-0.05, 0) is 11.6 Å². The minimum Gasteiger partial charge on any atom is -0.328 e. The van der Waals surface area contributed by atoms with Crippen molar-refractivity contribution in [3.05, 3.63) is 42.0 Å². The van der Waals surface area contributed by atoms with Crippen LogP contribution in [0.25, 0.3) is 0 Å². The lowest BCUT2D eigenvalue weighted by Crippen LogP contribution is -2.48. The molecule has 0 saturated carbocycles. The smallest absolute Gasteiger partial charge is 0.275 e. The zero-order valence-corrected chi connectivity index (χ0v) is 12.2. The number of piperazine rings is 1. The number of pyridine rings is 1. The largest absolute Gasteiger partial charge is 0.328 e. The second-order valence-electron chi connectivity index (χ2n) is 4.30. The third-order valence-corrected chi connectivity index (χ3v) is 3.63. The van der Waals surface area contributed by atoms with E-state index in [1.54, 1.807) is 12.4 Å². The van der Waals surface area contributed by atoms with E-state index < -0.39 is 0 Å². The zero-order chi connectivity index (χ0) is 13.1. The Morgan fingerprint density at radius 1 is 1.45 bits per heavy atom. The van der Waals surface area contributed by atoms with Crippen molar-refractivity contribution in [3.63, 3.8) is 0 Å². The lowest BCUT2D eigenvalue weighted by Gasteiger charge is -2.35. The van der Waals surface area contributed by atoms with E-state index in [2.05, 4.69) is 19.0 Å². The maximum Gasteiger partial charge on any atom is 0.275 e. The highest BCUT2D eigenvalue weighted by atomic mass is 35.5. The van der Waals surface area contributed by atoms with Crippen LogP contribution in [-0.4, -0.2) is 44.2 Å². The lowest BCUT2D eigenvalue weighted by atomic mass is 10.0. The van der Waals surface area contributed by atoms with E-state index in [9.17, 15) is 4.79 Å². The summed E-state index contributed by atoms with van der Waals surface area (Å²) in [5, 5.41) is 3.31. The van der Waals surface area contributed by atoms with Gasteiger partial charge in [0.2, 0.25) is 0 Å². The first-order valence-corrected chi connectivity index (χ1v) is 6.78. The Morgan fingerprint density at radius 3 is 3.05 bits per heavy atom. The van der Waals surface area contributed by atoms with Crippen LogP contribution in [-0.2, 0) is 0 Å². The summed E-state index contributed by atoms with van der Waals surface area (Å²) in [7, 11) is 0. The Bertz CT molecular complexity index is 550. The first-order chi connectivity index (χ1) is 9.36. The number of carbonyl (C=O) groups is 1. The Balaban J connectivity index is 0.00000147. The van der Waals surface area contributed by atoms with Crippen LogP contribution in [0, 0.1) is 0 Å². The van der Waals surface area contributed by atoms with Gasteiger partial charge in [0, 0.05) is 32.0 Å². The fourth-order valence-electron chi connectivity index (χ4n) is 2.22. The van der Waals surface area contributed by atoms with Gasteiger partial charge in [0.15, 0.2) is 5.69 Å². The molecule has 0 radical (unpaired) electrons. The minimum absolute atomic E-state index is 0. The van der Waals surface area contributed by atoms with Gasteiger partial charge in [0.1, 0.15) is 0 Å². The third-order valence-electron chi connectivity index (χ3n) is 3.15. The van der Waals surface area contributed by atoms with Crippen LogP contribution in [0.2, 0.25) is 0 Å². The summed E-state index contributed by atoms with van der Waals surface area (Å²) in [5.41, 5.74) is 1.45. The molecule has 1 saturated heterocycles. The predicted octanol–water partition coefficient (Wildman–Crippen LogP) is 1.14. The van der Waals surface area contributed by atoms with Crippen molar-refractivity contribution in [2.75, 3.05) is 19.6 Å². The molecule has 3 heterocycles. The first-order valence-electron chi connectivity index (χ1n) is 6.05. The van der Waals surface area contributed by atoms with E-state index in [1.807, 2.05) is 17.0 Å². The minimum atomic E-state index is -0.0656. The number of halogens is 1. The number of hydrogen-bond acceptors (Lipinski definition) is 6. The van der Waals surface area contributed by atoms with Crippen LogP contribution >= 0.6 is 24.1 Å². The average Bonchev–Trinajstić information content (AvgIpc) is 3.02. The fraction of sp³-hybridized carbons (Fsp3) is 0.333. The third kappa shape index (κ3) is 2.95. The molecule has 1 atom stereocenters. The number of aromatic nitrogens is 3. The van der Waals surface area contributed by atoms with Crippen molar-refractivity contribution in [2.24, 2.45) is 0 Å². The summed E-state index contributed by atoms with van der Waals surface area (Å²) < 4.78 is 7.91. The van der Waals surface area contributed by atoms with Crippen molar-refractivity contribution < 1.29 is 4.79 Å². The fourth-order valence-corrected chi connectivity index (χ4v) is 2.63. The van der Waals surface area contributed by atoms with Gasteiger partial charge in [-0.15, -0.1) is 12.4 Å². The Kier molecular flexibility index (Phi) is 4.99. The molecule has 0 bridgehead atoms. The molecule has 1 amide bonds. The van der Waals surface area contributed by atoms with E-state index in [0.29, 0.717) is 12.2 Å². The van der Waals surface area contributed by atoms with Gasteiger partial charge in [0.25, 0.3) is 5.91 Å². The maximum atomic E-state index is 12.4. The summed E-state index contributed by atoms with van der Waals surface area (Å²) in [4.78, 5) is 18.4. The molecule has 1 aliphatic heterocycles. The molecule has 3 rings (SSSR count). The van der Waals surface area contributed by atoms with Gasteiger partial charge in [0.05, 0.1) is 24.0 Å². The molecular weight excluding hydrogens is 298 g/mol. The van der Waals surface area contributed by atoms with Gasteiger partial charge in [-0.25, -0.2) is 0 Å². The second kappa shape index (κ2) is 6.74. The molecule has 0 aromatic carbocycles. The van der Waals surface area contributed by atoms with Crippen LogP contribution < -0.4 is 5.32 Å². The quantitative estimate of drug-likeness (QED) is 0.900. The molecule has 2 aromatic rings. The number of hydrogen-bond donors (Lipinski definition) is 1. The molecule has 1 aliphatic rings. The average molecular weight is 312 g/mol. The van der Waals surface area contributed by atoms with E-state index in [-0.39, 0.29) is 24.4 Å². The van der Waals surface area contributed by atoms with Crippen LogP contribution in [0.5, 0.6) is 0 Å². The molecule has 106 valence electrons. The number of nitrogens with one attached hydrogen (secondary N) is 1. The number of carbonyl (C=O) groups excluding carboxylic acids is 1. The number of amides is 1. The summed E-state index contributed by atoms with van der Waals surface area (Å²) in [6, 6.07) is 3.87. The van der Waals surface area contributed by atoms with E-state index in [0.717, 1.165) is 30.4 Å². The molecule has 1 unspecified atom stereocenters. The van der Waals surface area contributed by atoms with E-state index in [1.165, 1.54) is 6.20 Å². The SMILES string of the molecule is Cl.O=C(c1cnsn1)N1CCNCC1c1cccnc1. The molecule has 6 nitrogen and oxygen atoms in total. The van der Waals surface area contributed by atoms with Crippen LogP contribution in [0.3, 0.4) is 0 Å². The Morgan fingerprint density at radius 2 is 2.35 bits per heavy atom. The van der Waals surface area contributed by atoms with E-state index in [4.69, 9.17) is 0 Å². The monoisotopic (exact) mass is 311 g/mol. The molecule has 1 fully saturated rings. The molecular formula is C12H14ClN5OS. The van der Waals surface area contributed by atoms with Crippen molar-refractivity contribution >= 4 is 30.0 Å². The normalized spacial score (nSPS) is 18.4. The van der Waals surface area contributed by atoms with Gasteiger partial charge in [-0.1, -0.05) is 6.07 Å². The standard InChI is InChI=1S/C12H13N5OS.ClH/c18-12(10-7-15-19-16-10)17-5-4-14-8-11(17)9-2-1-3-13-6-9;/h1-3,6-7,11,14H,4-5,8H2;1H. The van der Waals surface area contributed by atoms with Gasteiger partial charge < -0.3 is 10.2 Å². The predicted molar refractivity (Wildman–Crippen MR) is 78.0 cm³/mol. The Hall–Kier alpha value is -1.57.